The first-order valence-electron chi connectivity index (χ1n) is 9.17. The number of carbonyl (C=O) groups excluding carboxylic acids is 2. The average Bonchev–Trinajstić information content (AvgIpc) is 2.77. The van der Waals surface area contributed by atoms with Crippen LogP contribution in [0.2, 0.25) is 5.02 Å². The summed E-state index contributed by atoms with van der Waals surface area (Å²) < 4.78 is 40.9. The number of hydrogen-bond acceptors (Lipinski definition) is 7. The van der Waals surface area contributed by atoms with Gasteiger partial charge < -0.3 is 19.5 Å². The summed E-state index contributed by atoms with van der Waals surface area (Å²) in [6.45, 7) is -0.573. The van der Waals surface area contributed by atoms with Crippen LogP contribution in [0.4, 0.5) is 5.69 Å². The molecule has 0 bridgehead atoms. The molecule has 0 fully saturated rings. The lowest BCUT2D eigenvalue weighted by Crippen LogP contribution is -2.23. The molecule has 2 aromatic carbocycles. The number of halogens is 1. The molecular weight excluding hydrogens is 460 g/mol. The number of amides is 1. The minimum atomic E-state index is -3.80. The van der Waals surface area contributed by atoms with Crippen molar-refractivity contribution in [1.82, 2.24) is 4.31 Å². The fourth-order valence-corrected chi connectivity index (χ4v) is 3.88. The van der Waals surface area contributed by atoms with Crippen molar-refractivity contribution in [3.8, 4) is 11.5 Å². The summed E-state index contributed by atoms with van der Waals surface area (Å²) in [6, 6.07) is 9.09. The number of anilines is 1. The Kier molecular flexibility index (Phi) is 8.64. The van der Waals surface area contributed by atoms with E-state index in [0.29, 0.717) is 17.1 Å². The SMILES string of the molecule is COc1ccc(OC)c(/C=C/C(=O)OCC(=O)Nc2ccc(Cl)c(S(=O)(=O)N(C)C)c2)c1. The van der Waals surface area contributed by atoms with E-state index in [0.717, 1.165) is 10.4 Å². The molecule has 0 atom stereocenters. The third-order valence-electron chi connectivity index (χ3n) is 4.15. The quantitative estimate of drug-likeness (QED) is 0.432. The van der Waals surface area contributed by atoms with Crippen molar-refractivity contribution in [2.45, 2.75) is 4.90 Å². The molecule has 0 aromatic heterocycles. The lowest BCUT2D eigenvalue weighted by Gasteiger charge is -2.14. The zero-order chi connectivity index (χ0) is 23.9. The topological polar surface area (TPSA) is 111 Å². The Morgan fingerprint density at radius 2 is 1.81 bits per heavy atom. The van der Waals surface area contributed by atoms with Crippen LogP contribution in [0, 0.1) is 0 Å². The zero-order valence-electron chi connectivity index (χ0n) is 17.9. The number of ether oxygens (including phenoxy) is 3. The van der Waals surface area contributed by atoms with E-state index in [9.17, 15) is 18.0 Å². The Labute approximate surface area is 191 Å². The van der Waals surface area contributed by atoms with Gasteiger partial charge in [-0.3, -0.25) is 4.79 Å². The summed E-state index contributed by atoms with van der Waals surface area (Å²) >= 11 is 5.98. The van der Waals surface area contributed by atoms with Gasteiger partial charge in [-0.1, -0.05) is 11.6 Å². The fourth-order valence-electron chi connectivity index (χ4n) is 2.48. The Morgan fingerprint density at radius 1 is 1.09 bits per heavy atom. The van der Waals surface area contributed by atoms with Gasteiger partial charge in [-0.25, -0.2) is 17.5 Å². The van der Waals surface area contributed by atoms with Crippen molar-refractivity contribution in [2.24, 2.45) is 0 Å². The van der Waals surface area contributed by atoms with Crippen LogP contribution < -0.4 is 14.8 Å². The number of rotatable bonds is 9. The second kappa shape index (κ2) is 11.0. The van der Waals surface area contributed by atoms with Crippen molar-refractivity contribution in [3.05, 3.63) is 53.1 Å². The number of methoxy groups -OCH3 is 2. The first kappa shape index (κ1) is 25.2. The molecule has 1 N–H and O–H groups in total. The maximum Gasteiger partial charge on any atom is 0.331 e. The molecule has 32 heavy (non-hydrogen) atoms. The van der Waals surface area contributed by atoms with Crippen LogP contribution in [-0.4, -0.2) is 59.5 Å². The molecule has 11 heteroatoms. The molecule has 0 saturated heterocycles. The number of nitrogens with zero attached hydrogens (tertiary/aromatic N) is 1. The van der Waals surface area contributed by atoms with Crippen molar-refractivity contribution in [2.75, 3.05) is 40.2 Å². The van der Waals surface area contributed by atoms with Crippen molar-refractivity contribution >= 4 is 45.3 Å². The van der Waals surface area contributed by atoms with E-state index in [-0.39, 0.29) is 15.6 Å². The number of sulfonamides is 1. The van der Waals surface area contributed by atoms with E-state index in [4.69, 9.17) is 25.8 Å². The molecule has 0 spiro atoms. The first-order chi connectivity index (χ1) is 15.1. The zero-order valence-corrected chi connectivity index (χ0v) is 19.5. The minimum Gasteiger partial charge on any atom is -0.497 e. The summed E-state index contributed by atoms with van der Waals surface area (Å²) in [6.07, 6.45) is 2.62. The Hall–Kier alpha value is -3.08. The molecule has 0 heterocycles. The van der Waals surface area contributed by atoms with Crippen molar-refractivity contribution in [3.63, 3.8) is 0 Å². The number of esters is 1. The number of nitrogens with one attached hydrogen (secondary N) is 1. The highest BCUT2D eigenvalue weighted by Gasteiger charge is 2.21. The normalized spacial score (nSPS) is 11.4. The second-order valence-corrected chi connectivity index (χ2v) is 9.06. The number of hydrogen-bond donors (Lipinski definition) is 1. The first-order valence-corrected chi connectivity index (χ1v) is 11.0. The third-order valence-corrected chi connectivity index (χ3v) is 6.45. The molecule has 0 radical (unpaired) electrons. The van der Waals surface area contributed by atoms with Crippen LogP contribution >= 0.6 is 11.6 Å². The molecule has 1 amide bonds. The standard InChI is InChI=1S/C21H23ClN2O7S/c1-24(2)32(27,28)19-12-15(6-8-17(19)22)23-20(25)13-31-21(26)10-5-14-11-16(29-3)7-9-18(14)30-4/h5-12H,13H2,1-4H3,(H,23,25)/b10-5+. The van der Waals surface area contributed by atoms with E-state index < -0.39 is 28.5 Å². The summed E-state index contributed by atoms with van der Waals surface area (Å²) in [4.78, 5) is 23.9. The predicted molar refractivity (Wildman–Crippen MR) is 120 cm³/mol. The molecule has 0 unspecified atom stereocenters. The molecule has 9 nitrogen and oxygen atoms in total. The lowest BCUT2D eigenvalue weighted by molar-refractivity contribution is -0.142. The summed E-state index contributed by atoms with van der Waals surface area (Å²) in [5.74, 6) is -0.297. The third kappa shape index (κ3) is 6.46. The molecule has 172 valence electrons. The van der Waals surface area contributed by atoms with E-state index in [1.54, 1.807) is 18.2 Å². The Bertz CT molecular complexity index is 1130. The van der Waals surface area contributed by atoms with E-state index in [2.05, 4.69) is 5.32 Å². The number of benzene rings is 2. The van der Waals surface area contributed by atoms with Crippen LogP contribution in [0.15, 0.2) is 47.4 Å². The van der Waals surface area contributed by atoms with Gasteiger partial charge in [-0.2, -0.15) is 0 Å². The van der Waals surface area contributed by atoms with Gasteiger partial charge in [0, 0.05) is 31.4 Å². The van der Waals surface area contributed by atoms with Gasteiger partial charge in [0.15, 0.2) is 6.61 Å². The van der Waals surface area contributed by atoms with Gasteiger partial charge in [0.1, 0.15) is 16.4 Å². The highest BCUT2D eigenvalue weighted by Crippen LogP contribution is 2.27. The van der Waals surface area contributed by atoms with Gasteiger partial charge in [0.25, 0.3) is 5.91 Å². The molecule has 2 aromatic rings. The van der Waals surface area contributed by atoms with E-state index >= 15 is 0 Å². The average molecular weight is 483 g/mol. The van der Waals surface area contributed by atoms with Gasteiger partial charge in [0.05, 0.1) is 19.2 Å². The molecule has 0 aliphatic rings. The molecule has 2 rings (SSSR count). The van der Waals surface area contributed by atoms with E-state index in [1.807, 2.05) is 0 Å². The van der Waals surface area contributed by atoms with Gasteiger partial charge in [-0.15, -0.1) is 0 Å². The summed E-state index contributed by atoms with van der Waals surface area (Å²) in [7, 11) is 1.94. The predicted octanol–water partition coefficient (Wildman–Crippen LogP) is 2.80. The summed E-state index contributed by atoms with van der Waals surface area (Å²) in [5, 5.41) is 2.48. The smallest absolute Gasteiger partial charge is 0.331 e. The van der Waals surface area contributed by atoms with Crippen LogP contribution in [0.3, 0.4) is 0 Å². The van der Waals surface area contributed by atoms with Gasteiger partial charge >= 0.3 is 5.97 Å². The Morgan fingerprint density at radius 3 is 2.44 bits per heavy atom. The molecule has 0 saturated carbocycles. The minimum absolute atomic E-state index is 0.0150. The maximum atomic E-state index is 12.3. The molecule has 0 aliphatic heterocycles. The van der Waals surface area contributed by atoms with Crippen LogP contribution in [0.5, 0.6) is 11.5 Å². The lowest BCUT2D eigenvalue weighted by atomic mass is 10.1. The summed E-state index contributed by atoms with van der Waals surface area (Å²) in [5.41, 5.74) is 0.775. The Balaban J connectivity index is 2.01. The molecule has 0 aliphatic carbocycles. The maximum absolute atomic E-state index is 12.3. The van der Waals surface area contributed by atoms with Crippen molar-refractivity contribution in [1.29, 1.82) is 0 Å². The molecular formula is C21H23ClN2O7S. The van der Waals surface area contributed by atoms with Crippen molar-refractivity contribution < 1.29 is 32.2 Å². The van der Waals surface area contributed by atoms with Gasteiger partial charge in [0.2, 0.25) is 10.0 Å². The highest BCUT2D eigenvalue weighted by molar-refractivity contribution is 7.89. The van der Waals surface area contributed by atoms with Crippen LogP contribution in [-0.2, 0) is 24.3 Å². The second-order valence-electron chi connectivity index (χ2n) is 6.53. The van der Waals surface area contributed by atoms with E-state index in [1.165, 1.54) is 52.6 Å². The fraction of sp³-hybridized carbons (Fsp3) is 0.238. The van der Waals surface area contributed by atoms with Crippen LogP contribution in [0.1, 0.15) is 5.56 Å². The van der Waals surface area contributed by atoms with Crippen LogP contribution in [0.25, 0.3) is 6.08 Å². The van der Waals surface area contributed by atoms with Gasteiger partial charge in [-0.05, 0) is 42.5 Å². The highest BCUT2D eigenvalue weighted by atomic mass is 35.5. The monoisotopic (exact) mass is 482 g/mol. The largest absolute Gasteiger partial charge is 0.497 e. The number of carbonyl (C=O) groups is 2.